The number of aldehydes is 1. The third kappa shape index (κ3) is 4.86. The van der Waals surface area contributed by atoms with E-state index >= 15 is 0 Å². The zero-order chi connectivity index (χ0) is 26.6. The Morgan fingerprint density at radius 3 is 1.95 bits per heavy atom. The summed E-state index contributed by atoms with van der Waals surface area (Å²) in [6.45, 7) is 0. The molecule has 0 saturated carbocycles. The summed E-state index contributed by atoms with van der Waals surface area (Å²) in [5.74, 6) is -0.200. The van der Waals surface area contributed by atoms with E-state index in [1.165, 1.54) is 16.8 Å². The summed E-state index contributed by atoms with van der Waals surface area (Å²) in [7, 11) is 0. The molecule has 0 amide bonds. The molecule has 3 heteroatoms. The highest BCUT2D eigenvalue weighted by molar-refractivity contribution is 6.13. The molecule has 0 fully saturated rings. The number of benzene rings is 6. The summed E-state index contributed by atoms with van der Waals surface area (Å²) in [6.07, 6.45) is 4.07. The summed E-state index contributed by atoms with van der Waals surface area (Å²) < 4.78 is 0. The topological polar surface area (TPSA) is 37.4 Å². The van der Waals surface area contributed by atoms with Crippen molar-refractivity contribution in [1.29, 1.82) is 0 Å². The third-order valence-corrected chi connectivity index (χ3v) is 6.91. The summed E-state index contributed by atoms with van der Waals surface area (Å²) >= 11 is 0. The van der Waals surface area contributed by atoms with Gasteiger partial charge in [-0.25, -0.2) is 0 Å². The van der Waals surface area contributed by atoms with E-state index < -0.39 is 0 Å². The molecule has 0 aliphatic rings. The number of hydrogen-bond donors (Lipinski definition) is 0. The quantitative estimate of drug-likeness (QED) is 0.124. The van der Waals surface area contributed by atoms with Crippen LogP contribution in [0.5, 0.6) is 0 Å². The van der Waals surface area contributed by atoms with Gasteiger partial charge in [-0.05, 0) is 70.3 Å². The van der Waals surface area contributed by atoms with Crippen LogP contribution in [0.15, 0.2) is 140 Å². The minimum atomic E-state index is -0.200. The van der Waals surface area contributed by atoms with E-state index in [1.54, 1.807) is 18.2 Å². The molecular weight excluding hydrogens is 478 g/mol. The smallest absolute Gasteiger partial charge is 0.186 e. The molecule has 0 spiro atoms. The van der Waals surface area contributed by atoms with Crippen molar-refractivity contribution in [3.8, 4) is 0 Å². The highest BCUT2D eigenvalue weighted by Crippen LogP contribution is 2.38. The molecule has 3 nitrogen and oxygen atoms in total. The Hall–Kier alpha value is -5.28. The van der Waals surface area contributed by atoms with E-state index in [0.29, 0.717) is 11.1 Å². The maximum absolute atomic E-state index is 13.1. The van der Waals surface area contributed by atoms with Gasteiger partial charge in [0.05, 0.1) is 5.69 Å². The van der Waals surface area contributed by atoms with E-state index in [4.69, 9.17) is 0 Å². The van der Waals surface area contributed by atoms with Crippen LogP contribution in [0.3, 0.4) is 0 Å². The third-order valence-electron chi connectivity index (χ3n) is 6.91. The maximum Gasteiger partial charge on any atom is 0.186 e. The summed E-state index contributed by atoms with van der Waals surface area (Å²) in [5.41, 5.74) is 4.86. The average molecular weight is 504 g/mol. The van der Waals surface area contributed by atoms with Crippen molar-refractivity contribution < 1.29 is 9.59 Å². The number of fused-ring (bicyclic) bond motifs is 2. The average Bonchev–Trinajstić information content (AvgIpc) is 3.00. The van der Waals surface area contributed by atoms with Gasteiger partial charge in [-0.1, -0.05) is 97.1 Å². The molecule has 0 aromatic heterocycles. The number of anilines is 3. The van der Waals surface area contributed by atoms with Crippen molar-refractivity contribution in [1.82, 2.24) is 0 Å². The largest absolute Gasteiger partial charge is 0.310 e. The van der Waals surface area contributed by atoms with E-state index in [0.717, 1.165) is 39.7 Å². The van der Waals surface area contributed by atoms with Crippen molar-refractivity contribution in [2.45, 2.75) is 0 Å². The van der Waals surface area contributed by atoms with Crippen LogP contribution in [-0.4, -0.2) is 12.1 Å². The van der Waals surface area contributed by atoms with Crippen LogP contribution in [0.25, 0.3) is 27.6 Å². The first-order valence-electron chi connectivity index (χ1n) is 12.8. The van der Waals surface area contributed by atoms with Gasteiger partial charge in [-0.15, -0.1) is 0 Å². The van der Waals surface area contributed by atoms with Gasteiger partial charge in [-0.2, -0.15) is 0 Å². The van der Waals surface area contributed by atoms with Gasteiger partial charge in [0, 0.05) is 27.9 Å². The van der Waals surface area contributed by atoms with Gasteiger partial charge in [0.1, 0.15) is 0 Å². The Morgan fingerprint density at radius 2 is 1.21 bits per heavy atom. The van der Waals surface area contributed by atoms with E-state index in [-0.39, 0.29) is 5.78 Å². The van der Waals surface area contributed by atoms with Gasteiger partial charge in [-0.3, -0.25) is 9.59 Å². The zero-order valence-electron chi connectivity index (χ0n) is 21.2. The lowest BCUT2D eigenvalue weighted by Crippen LogP contribution is -2.10. The van der Waals surface area contributed by atoms with E-state index in [2.05, 4.69) is 71.6 Å². The monoisotopic (exact) mass is 503 g/mol. The molecule has 39 heavy (non-hydrogen) atoms. The Balaban J connectivity index is 1.33. The van der Waals surface area contributed by atoms with Crippen molar-refractivity contribution >= 4 is 56.8 Å². The van der Waals surface area contributed by atoms with Crippen LogP contribution in [0.4, 0.5) is 17.1 Å². The Labute approximate surface area is 227 Å². The minimum Gasteiger partial charge on any atom is -0.310 e. The van der Waals surface area contributed by atoms with Crippen molar-refractivity contribution in [3.63, 3.8) is 0 Å². The lowest BCUT2D eigenvalue weighted by molar-refractivity contribution is 0.103. The number of hydrogen-bond acceptors (Lipinski definition) is 3. The SMILES string of the molecule is O=Cc1cc2ccccc2cc1C(=O)/C=C\c1ccc(N(c2ccccc2)c2cccc3ccccc23)cc1. The molecule has 0 N–H and O–H groups in total. The fourth-order valence-electron chi connectivity index (χ4n) is 4.97. The normalized spacial score (nSPS) is 11.2. The van der Waals surface area contributed by atoms with Gasteiger partial charge in [0.2, 0.25) is 0 Å². The predicted octanol–water partition coefficient (Wildman–Crippen LogP) is 9.17. The molecule has 0 heterocycles. The fraction of sp³-hybridized carbons (Fsp3) is 0. The molecule has 0 radical (unpaired) electrons. The zero-order valence-corrected chi connectivity index (χ0v) is 21.2. The number of para-hydroxylation sites is 1. The first kappa shape index (κ1) is 24.1. The van der Waals surface area contributed by atoms with Gasteiger partial charge < -0.3 is 4.90 Å². The molecule has 6 aromatic carbocycles. The molecule has 0 aliphatic carbocycles. The first-order chi connectivity index (χ1) is 19.2. The lowest BCUT2D eigenvalue weighted by Gasteiger charge is -2.27. The number of ketones is 1. The van der Waals surface area contributed by atoms with Crippen molar-refractivity contribution in [2.75, 3.05) is 4.90 Å². The highest BCUT2D eigenvalue weighted by Gasteiger charge is 2.15. The molecule has 0 saturated heterocycles. The number of carbonyl (C=O) groups excluding carboxylic acids is 2. The maximum atomic E-state index is 13.1. The van der Waals surface area contributed by atoms with E-state index in [1.807, 2.05) is 54.6 Å². The van der Waals surface area contributed by atoms with Crippen LogP contribution in [0.2, 0.25) is 0 Å². The number of nitrogens with zero attached hydrogens (tertiary/aromatic N) is 1. The number of allylic oxidation sites excluding steroid dienone is 1. The molecule has 0 bridgehead atoms. The first-order valence-corrected chi connectivity index (χ1v) is 12.8. The fourth-order valence-corrected chi connectivity index (χ4v) is 4.97. The van der Waals surface area contributed by atoms with Crippen LogP contribution < -0.4 is 4.90 Å². The number of rotatable bonds is 7. The Morgan fingerprint density at radius 1 is 0.590 bits per heavy atom. The molecule has 0 atom stereocenters. The molecule has 0 unspecified atom stereocenters. The van der Waals surface area contributed by atoms with E-state index in [9.17, 15) is 9.59 Å². The molecule has 6 aromatic rings. The Bertz CT molecular complexity index is 1830. The Kier molecular flexibility index (Phi) is 6.55. The van der Waals surface area contributed by atoms with Crippen LogP contribution in [0.1, 0.15) is 26.3 Å². The standard InChI is InChI=1S/C36H25NO2/c38-25-30-23-28-10-4-5-11-29(28)24-34(30)36(39)22-19-26-17-20-32(21-18-26)37(31-13-2-1-3-14-31)35-16-8-12-27-9-6-7-15-33(27)35/h1-25H/b22-19-. The second-order valence-corrected chi connectivity index (χ2v) is 9.36. The molecule has 6 rings (SSSR count). The summed E-state index contributed by atoms with van der Waals surface area (Å²) in [6, 6.07) is 44.4. The van der Waals surface area contributed by atoms with Crippen molar-refractivity contribution in [3.05, 3.63) is 156 Å². The summed E-state index contributed by atoms with van der Waals surface area (Å²) in [5, 5.41) is 4.21. The van der Waals surface area contributed by atoms with Crippen LogP contribution in [0, 0.1) is 0 Å². The highest BCUT2D eigenvalue weighted by atomic mass is 16.1. The lowest BCUT2D eigenvalue weighted by atomic mass is 9.98. The number of carbonyl (C=O) groups is 2. The van der Waals surface area contributed by atoms with Gasteiger partial charge in [0.25, 0.3) is 0 Å². The molecular formula is C36H25NO2. The van der Waals surface area contributed by atoms with Crippen LogP contribution in [-0.2, 0) is 0 Å². The minimum absolute atomic E-state index is 0.200. The molecule has 186 valence electrons. The second kappa shape index (κ2) is 10.6. The van der Waals surface area contributed by atoms with Crippen molar-refractivity contribution in [2.24, 2.45) is 0 Å². The summed E-state index contributed by atoms with van der Waals surface area (Å²) in [4.78, 5) is 27.0. The molecule has 0 aliphatic heterocycles. The van der Waals surface area contributed by atoms with Gasteiger partial charge >= 0.3 is 0 Å². The predicted molar refractivity (Wildman–Crippen MR) is 161 cm³/mol. The second-order valence-electron chi connectivity index (χ2n) is 9.36. The van der Waals surface area contributed by atoms with Gasteiger partial charge in [0.15, 0.2) is 12.1 Å². The van der Waals surface area contributed by atoms with Crippen LogP contribution >= 0.6 is 0 Å².